The maximum absolute atomic E-state index is 13.7. The number of rotatable bonds is 3. The molecule has 0 saturated heterocycles. The zero-order valence-electron chi connectivity index (χ0n) is 9.90. The highest BCUT2D eigenvalue weighted by atomic mass is 79.9. The lowest BCUT2D eigenvalue weighted by atomic mass is 10.2. The third-order valence-corrected chi connectivity index (χ3v) is 3.09. The van der Waals surface area contributed by atoms with Crippen LogP contribution >= 0.6 is 15.9 Å². The summed E-state index contributed by atoms with van der Waals surface area (Å²) in [5.74, 6) is 0.374. The van der Waals surface area contributed by atoms with Gasteiger partial charge in [-0.05, 0) is 34.1 Å². The number of nitrogens with zero attached hydrogens (tertiary/aromatic N) is 2. The molecule has 0 radical (unpaired) electrons. The summed E-state index contributed by atoms with van der Waals surface area (Å²) in [6, 6.07) is 8.47. The predicted octanol–water partition coefficient (Wildman–Crippen LogP) is 3.21. The van der Waals surface area contributed by atoms with E-state index in [0.717, 1.165) is 10.0 Å². The van der Waals surface area contributed by atoms with Crippen molar-refractivity contribution in [2.75, 3.05) is 11.9 Å². The van der Waals surface area contributed by atoms with Crippen molar-refractivity contribution in [3.8, 4) is 0 Å². The number of pyridine rings is 1. The maximum atomic E-state index is 13.7. The van der Waals surface area contributed by atoms with Gasteiger partial charge in [0.1, 0.15) is 11.6 Å². The van der Waals surface area contributed by atoms with Crippen molar-refractivity contribution in [1.82, 2.24) is 4.98 Å². The van der Waals surface area contributed by atoms with Crippen LogP contribution in [0.25, 0.3) is 0 Å². The van der Waals surface area contributed by atoms with E-state index in [-0.39, 0.29) is 5.82 Å². The van der Waals surface area contributed by atoms with Gasteiger partial charge in [-0.2, -0.15) is 0 Å². The number of halogens is 2. The summed E-state index contributed by atoms with van der Waals surface area (Å²) in [5.41, 5.74) is 7.02. The van der Waals surface area contributed by atoms with Crippen molar-refractivity contribution >= 4 is 27.4 Å². The van der Waals surface area contributed by atoms with Gasteiger partial charge < -0.3 is 10.6 Å². The minimum atomic E-state index is -0.285. The smallest absolute Gasteiger partial charge is 0.146 e. The van der Waals surface area contributed by atoms with Crippen molar-refractivity contribution in [3.63, 3.8) is 0 Å². The summed E-state index contributed by atoms with van der Waals surface area (Å²) in [6.07, 6.45) is 1.67. The van der Waals surface area contributed by atoms with E-state index in [1.165, 1.54) is 6.07 Å². The Morgan fingerprint density at radius 2 is 2.11 bits per heavy atom. The molecule has 2 rings (SSSR count). The zero-order valence-corrected chi connectivity index (χ0v) is 11.5. The van der Waals surface area contributed by atoms with Crippen LogP contribution in [0, 0.1) is 5.82 Å². The summed E-state index contributed by atoms with van der Waals surface area (Å²) >= 11 is 3.35. The molecular weight excluding hydrogens is 297 g/mol. The lowest BCUT2D eigenvalue weighted by molar-refractivity contribution is 0.627. The fraction of sp³-hybridized carbons (Fsp3) is 0.154. The molecule has 2 N–H and O–H groups in total. The Bertz CT molecular complexity index is 560. The molecule has 0 atom stereocenters. The van der Waals surface area contributed by atoms with Crippen LogP contribution in [0.2, 0.25) is 0 Å². The molecule has 3 nitrogen and oxygen atoms in total. The largest absolute Gasteiger partial charge is 0.327 e. The van der Waals surface area contributed by atoms with Gasteiger partial charge >= 0.3 is 0 Å². The Morgan fingerprint density at radius 1 is 1.39 bits per heavy atom. The molecule has 0 spiro atoms. The number of para-hydroxylation sites is 1. The molecule has 0 aliphatic rings. The number of benzene rings is 1. The molecule has 1 heterocycles. The van der Waals surface area contributed by atoms with E-state index >= 15 is 0 Å². The van der Waals surface area contributed by atoms with Crippen LogP contribution in [0.4, 0.5) is 15.9 Å². The number of aromatic nitrogens is 1. The van der Waals surface area contributed by atoms with Gasteiger partial charge in [-0.15, -0.1) is 0 Å². The van der Waals surface area contributed by atoms with Gasteiger partial charge in [-0.1, -0.05) is 12.1 Å². The van der Waals surface area contributed by atoms with Crippen LogP contribution in [-0.2, 0) is 6.54 Å². The first kappa shape index (κ1) is 13.0. The minimum Gasteiger partial charge on any atom is -0.327 e. The van der Waals surface area contributed by atoms with Crippen molar-refractivity contribution in [3.05, 3.63) is 52.4 Å². The van der Waals surface area contributed by atoms with E-state index in [4.69, 9.17) is 5.73 Å². The molecule has 0 amide bonds. The van der Waals surface area contributed by atoms with Gasteiger partial charge in [0.25, 0.3) is 0 Å². The Kier molecular flexibility index (Phi) is 3.93. The number of anilines is 2. The van der Waals surface area contributed by atoms with E-state index in [2.05, 4.69) is 20.9 Å². The molecule has 18 heavy (non-hydrogen) atoms. The third kappa shape index (κ3) is 2.52. The molecule has 2 aromatic rings. The Balaban J connectivity index is 2.46. The second-order valence-electron chi connectivity index (χ2n) is 3.85. The van der Waals surface area contributed by atoms with Crippen LogP contribution in [0.1, 0.15) is 5.56 Å². The second kappa shape index (κ2) is 5.46. The van der Waals surface area contributed by atoms with E-state index < -0.39 is 0 Å². The van der Waals surface area contributed by atoms with Gasteiger partial charge in [0.05, 0.1) is 5.69 Å². The first-order valence-electron chi connectivity index (χ1n) is 5.46. The minimum absolute atomic E-state index is 0.285. The summed E-state index contributed by atoms with van der Waals surface area (Å²) in [4.78, 5) is 6.00. The first-order chi connectivity index (χ1) is 8.63. The number of hydrogen-bond donors (Lipinski definition) is 1. The summed E-state index contributed by atoms with van der Waals surface area (Å²) < 4.78 is 14.6. The summed E-state index contributed by atoms with van der Waals surface area (Å²) in [7, 11) is 1.77. The Hall–Kier alpha value is -1.46. The van der Waals surface area contributed by atoms with Gasteiger partial charge in [-0.25, -0.2) is 9.37 Å². The molecule has 0 aliphatic carbocycles. The molecule has 0 unspecified atom stereocenters. The molecule has 5 heteroatoms. The third-order valence-electron chi connectivity index (χ3n) is 2.66. The van der Waals surface area contributed by atoms with Crippen LogP contribution in [0.3, 0.4) is 0 Å². The highest BCUT2D eigenvalue weighted by Gasteiger charge is 2.13. The molecule has 0 aliphatic heterocycles. The topological polar surface area (TPSA) is 42.2 Å². The van der Waals surface area contributed by atoms with Crippen LogP contribution in [0.15, 0.2) is 41.0 Å². The molecule has 0 saturated carbocycles. The lowest BCUT2D eigenvalue weighted by Crippen LogP contribution is -2.16. The molecular formula is C13H13BrFN3. The normalized spacial score (nSPS) is 10.4. The predicted molar refractivity (Wildman–Crippen MR) is 74.3 cm³/mol. The molecule has 1 aromatic carbocycles. The zero-order chi connectivity index (χ0) is 13.1. The maximum Gasteiger partial charge on any atom is 0.146 e. The van der Waals surface area contributed by atoms with Crippen molar-refractivity contribution in [2.45, 2.75) is 6.54 Å². The van der Waals surface area contributed by atoms with Gasteiger partial charge in [0.2, 0.25) is 0 Å². The summed E-state index contributed by atoms with van der Waals surface area (Å²) in [5, 5.41) is 0. The van der Waals surface area contributed by atoms with Crippen LogP contribution < -0.4 is 10.6 Å². The van der Waals surface area contributed by atoms with Crippen molar-refractivity contribution < 1.29 is 4.39 Å². The standard InChI is InChI=1S/C13H13BrFN3/c1-18(12-5-3-2-4-11(12)15)13-9(7-16)6-10(14)8-17-13/h2-6,8H,7,16H2,1H3. The molecule has 94 valence electrons. The average molecular weight is 310 g/mol. The highest BCUT2D eigenvalue weighted by Crippen LogP contribution is 2.28. The molecule has 0 bridgehead atoms. The monoisotopic (exact) mass is 309 g/mol. The lowest BCUT2D eigenvalue weighted by Gasteiger charge is -2.21. The van der Waals surface area contributed by atoms with Gasteiger partial charge in [0, 0.05) is 29.8 Å². The fourth-order valence-corrected chi connectivity index (χ4v) is 2.14. The quantitative estimate of drug-likeness (QED) is 0.946. The number of nitrogens with two attached hydrogens (primary N) is 1. The number of hydrogen-bond acceptors (Lipinski definition) is 3. The van der Waals surface area contributed by atoms with Crippen LogP contribution in [-0.4, -0.2) is 12.0 Å². The average Bonchev–Trinajstić information content (AvgIpc) is 2.38. The summed E-state index contributed by atoms with van der Waals surface area (Å²) in [6.45, 7) is 0.348. The van der Waals surface area contributed by atoms with Gasteiger partial charge in [-0.3, -0.25) is 0 Å². The second-order valence-corrected chi connectivity index (χ2v) is 4.77. The molecule has 0 fully saturated rings. The van der Waals surface area contributed by atoms with Crippen molar-refractivity contribution in [1.29, 1.82) is 0 Å². The Morgan fingerprint density at radius 3 is 2.78 bits per heavy atom. The fourth-order valence-electron chi connectivity index (χ4n) is 1.76. The highest BCUT2D eigenvalue weighted by molar-refractivity contribution is 9.10. The van der Waals surface area contributed by atoms with Gasteiger partial charge in [0.15, 0.2) is 0 Å². The Labute approximate surface area is 114 Å². The molecule has 1 aromatic heterocycles. The van der Waals surface area contributed by atoms with Crippen LogP contribution in [0.5, 0.6) is 0 Å². The SMILES string of the molecule is CN(c1ccccc1F)c1ncc(Br)cc1CN. The first-order valence-corrected chi connectivity index (χ1v) is 6.25. The van der Waals surface area contributed by atoms with E-state index in [9.17, 15) is 4.39 Å². The van der Waals surface area contributed by atoms with E-state index in [1.54, 1.807) is 36.3 Å². The van der Waals surface area contributed by atoms with E-state index in [1.807, 2.05) is 6.07 Å². The van der Waals surface area contributed by atoms with Crippen molar-refractivity contribution in [2.24, 2.45) is 5.73 Å². The van der Waals surface area contributed by atoms with E-state index in [0.29, 0.717) is 18.1 Å².